The number of nitrogens with zero attached hydrogens (tertiary/aromatic N) is 3. The number of pyridine rings is 1. The van der Waals surface area contributed by atoms with E-state index in [1.807, 2.05) is 32.9 Å². The highest BCUT2D eigenvalue weighted by Crippen LogP contribution is 2.33. The lowest BCUT2D eigenvalue weighted by molar-refractivity contribution is -0.122. The Bertz CT molecular complexity index is 1120. The van der Waals surface area contributed by atoms with Gasteiger partial charge in [-0.1, -0.05) is 43.9 Å². The van der Waals surface area contributed by atoms with Crippen molar-refractivity contribution in [2.75, 3.05) is 25.0 Å². The van der Waals surface area contributed by atoms with E-state index >= 15 is 0 Å². The van der Waals surface area contributed by atoms with Crippen molar-refractivity contribution in [2.45, 2.75) is 39.7 Å². The molecule has 2 aromatic rings. The molecule has 4 heterocycles. The van der Waals surface area contributed by atoms with Crippen molar-refractivity contribution in [2.24, 2.45) is 5.92 Å². The minimum Gasteiger partial charge on any atom is -0.376 e. The van der Waals surface area contributed by atoms with Gasteiger partial charge in [0.2, 0.25) is 0 Å². The molecular formula is C22H26N4O3S2. The zero-order valence-corrected chi connectivity index (χ0v) is 19.5. The molecule has 0 spiro atoms. The highest BCUT2D eigenvalue weighted by molar-refractivity contribution is 8.26. The largest absolute Gasteiger partial charge is 0.376 e. The van der Waals surface area contributed by atoms with E-state index in [1.54, 1.807) is 17.2 Å². The first kappa shape index (κ1) is 22.0. The summed E-state index contributed by atoms with van der Waals surface area (Å²) in [5.74, 6) is 0.591. The van der Waals surface area contributed by atoms with Gasteiger partial charge in [-0.25, -0.2) is 4.98 Å². The number of fused-ring (bicyclic) bond motifs is 1. The van der Waals surface area contributed by atoms with Crippen LogP contribution in [0.25, 0.3) is 11.7 Å². The molecule has 2 aromatic heterocycles. The molecule has 7 nitrogen and oxygen atoms in total. The number of aromatic nitrogens is 2. The van der Waals surface area contributed by atoms with Crippen molar-refractivity contribution < 1.29 is 9.53 Å². The number of aryl methyl sites for hydroxylation is 1. The van der Waals surface area contributed by atoms with Crippen LogP contribution >= 0.6 is 24.0 Å². The van der Waals surface area contributed by atoms with Gasteiger partial charge in [0.25, 0.3) is 11.5 Å². The van der Waals surface area contributed by atoms with Gasteiger partial charge >= 0.3 is 0 Å². The second-order valence-corrected chi connectivity index (χ2v) is 9.94. The fourth-order valence-electron chi connectivity index (χ4n) is 3.75. The van der Waals surface area contributed by atoms with Gasteiger partial charge < -0.3 is 10.1 Å². The number of thioether (sulfide) groups is 1. The number of carbonyl (C=O) groups is 1. The molecule has 2 aliphatic heterocycles. The molecule has 1 amide bonds. The molecule has 4 rings (SSSR count). The van der Waals surface area contributed by atoms with Crippen molar-refractivity contribution in [3.8, 4) is 0 Å². The molecule has 0 aliphatic carbocycles. The number of carbonyl (C=O) groups excluding carboxylic acids is 1. The Hall–Kier alpha value is -2.23. The lowest BCUT2D eigenvalue weighted by atomic mass is 10.2. The van der Waals surface area contributed by atoms with E-state index in [0.29, 0.717) is 45.3 Å². The molecule has 0 bridgehead atoms. The van der Waals surface area contributed by atoms with Crippen molar-refractivity contribution in [3.05, 3.63) is 44.7 Å². The topological polar surface area (TPSA) is 75.9 Å². The van der Waals surface area contributed by atoms with Crippen LogP contribution in [0, 0.1) is 12.8 Å². The van der Waals surface area contributed by atoms with Gasteiger partial charge in [0, 0.05) is 25.9 Å². The van der Waals surface area contributed by atoms with Crippen LogP contribution in [-0.4, -0.2) is 50.3 Å². The molecule has 2 fully saturated rings. The van der Waals surface area contributed by atoms with Gasteiger partial charge in [0.1, 0.15) is 15.8 Å². The SMILES string of the molecule is Cc1cccn2c(=O)c(/C=C3\SC(=S)N(CC(C)C)C3=O)c(NC[C@@H]3CCCO3)nc12. The van der Waals surface area contributed by atoms with Crippen LogP contribution in [0.4, 0.5) is 5.82 Å². The van der Waals surface area contributed by atoms with Crippen molar-refractivity contribution in [1.29, 1.82) is 0 Å². The first-order chi connectivity index (χ1) is 14.8. The second-order valence-electron chi connectivity index (χ2n) is 8.27. The number of nitrogens with one attached hydrogen (secondary N) is 1. The fraction of sp³-hybridized carbons (Fsp3) is 0.455. The summed E-state index contributed by atoms with van der Waals surface area (Å²) in [6, 6.07) is 3.74. The number of rotatable bonds is 6. The summed E-state index contributed by atoms with van der Waals surface area (Å²) in [6.07, 6.45) is 5.42. The van der Waals surface area contributed by atoms with Crippen LogP contribution in [-0.2, 0) is 9.53 Å². The van der Waals surface area contributed by atoms with Gasteiger partial charge in [0.15, 0.2) is 0 Å². The normalized spacial score (nSPS) is 20.6. The molecule has 0 unspecified atom stereocenters. The van der Waals surface area contributed by atoms with Gasteiger partial charge in [0.05, 0.1) is 16.6 Å². The Morgan fingerprint density at radius 2 is 2.23 bits per heavy atom. The zero-order chi connectivity index (χ0) is 22.1. The van der Waals surface area contributed by atoms with E-state index in [1.165, 1.54) is 16.2 Å². The first-order valence-corrected chi connectivity index (χ1v) is 11.7. The molecule has 0 saturated carbocycles. The average Bonchev–Trinajstić information content (AvgIpc) is 3.33. The van der Waals surface area contributed by atoms with E-state index in [2.05, 4.69) is 5.32 Å². The Labute approximate surface area is 190 Å². The molecule has 2 aliphatic rings. The highest BCUT2D eigenvalue weighted by Gasteiger charge is 2.33. The first-order valence-electron chi connectivity index (χ1n) is 10.5. The summed E-state index contributed by atoms with van der Waals surface area (Å²) in [5, 5.41) is 3.30. The number of hydrogen-bond donors (Lipinski definition) is 1. The Morgan fingerprint density at radius 3 is 2.94 bits per heavy atom. The van der Waals surface area contributed by atoms with Crippen LogP contribution in [0.1, 0.15) is 37.8 Å². The maximum Gasteiger partial charge on any atom is 0.267 e. The van der Waals surface area contributed by atoms with Crippen molar-refractivity contribution >= 4 is 51.7 Å². The third-order valence-corrected chi connectivity index (χ3v) is 6.68. The lowest BCUT2D eigenvalue weighted by Crippen LogP contribution is -2.31. The lowest BCUT2D eigenvalue weighted by Gasteiger charge is -2.16. The molecule has 2 saturated heterocycles. The number of thiocarbonyl (C=S) groups is 1. The number of amides is 1. The third-order valence-electron chi connectivity index (χ3n) is 5.30. The summed E-state index contributed by atoms with van der Waals surface area (Å²) in [4.78, 5) is 33.1. The van der Waals surface area contributed by atoms with E-state index in [-0.39, 0.29) is 17.6 Å². The molecule has 9 heteroatoms. The Kier molecular flexibility index (Phi) is 6.45. The standard InChI is InChI=1S/C22H26N4O3S2/c1-13(2)12-26-21(28)17(31-22(26)30)10-16-18(23-11-15-7-5-9-29-15)24-19-14(3)6-4-8-25(19)20(16)27/h4,6,8,10,13,15,23H,5,7,9,11-12H2,1-3H3/b17-10-/t15-/m0/s1. The summed E-state index contributed by atoms with van der Waals surface area (Å²) in [7, 11) is 0. The maximum absolute atomic E-state index is 13.4. The summed E-state index contributed by atoms with van der Waals surface area (Å²) in [5.41, 5.74) is 1.62. The van der Waals surface area contributed by atoms with Crippen LogP contribution in [0.15, 0.2) is 28.0 Å². The van der Waals surface area contributed by atoms with Gasteiger partial charge in [-0.15, -0.1) is 0 Å². The predicted octanol–water partition coefficient (Wildman–Crippen LogP) is 3.45. The van der Waals surface area contributed by atoms with Gasteiger partial charge in [-0.05, 0) is 43.4 Å². The van der Waals surface area contributed by atoms with Crippen LogP contribution in [0.3, 0.4) is 0 Å². The molecule has 1 N–H and O–H groups in total. The minimum absolute atomic E-state index is 0.0919. The third kappa shape index (κ3) is 4.53. The second kappa shape index (κ2) is 9.10. The molecule has 164 valence electrons. The highest BCUT2D eigenvalue weighted by atomic mass is 32.2. The molecule has 0 radical (unpaired) electrons. The smallest absolute Gasteiger partial charge is 0.267 e. The van der Waals surface area contributed by atoms with E-state index < -0.39 is 0 Å². The fourth-order valence-corrected chi connectivity index (χ4v) is 5.00. The van der Waals surface area contributed by atoms with E-state index in [4.69, 9.17) is 21.9 Å². The van der Waals surface area contributed by atoms with E-state index in [0.717, 1.165) is 25.0 Å². The van der Waals surface area contributed by atoms with E-state index in [9.17, 15) is 9.59 Å². The Balaban J connectivity index is 1.76. The monoisotopic (exact) mass is 458 g/mol. The van der Waals surface area contributed by atoms with Crippen LogP contribution < -0.4 is 10.9 Å². The molecule has 1 atom stereocenters. The molecular weight excluding hydrogens is 432 g/mol. The number of hydrogen-bond acceptors (Lipinski definition) is 7. The van der Waals surface area contributed by atoms with Gasteiger partial charge in [-0.2, -0.15) is 0 Å². The maximum atomic E-state index is 13.4. The molecule has 31 heavy (non-hydrogen) atoms. The molecule has 0 aromatic carbocycles. The summed E-state index contributed by atoms with van der Waals surface area (Å²) < 4.78 is 7.74. The van der Waals surface area contributed by atoms with Crippen LogP contribution in [0.2, 0.25) is 0 Å². The van der Waals surface area contributed by atoms with Gasteiger partial charge in [-0.3, -0.25) is 18.9 Å². The number of anilines is 1. The quantitative estimate of drug-likeness (QED) is 0.525. The Morgan fingerprint density at radius 1 is 1.42 bits per heavy atom. The minimum atomic E-state index is -0.224. The summed E-state index contributed by atoms with van der Waals surface area (Å²) in [6.45, 7) is 7.87. The van der Waals surface area contributed by atoms with Crippen LogP contribution in [0.5, 0.6) is 0 Å². The zero-order valence-electron chi connectivity index (χ0n) is 17.9. The van der Waals surface area contributed by atoms with Crippen molar-refractivity contribution in [3.63, 3.8) is 0 Å². The van der Waals surface area contributed by atoms with Crippen molar-refractivity contribution in [1.82, 2.24) is 14.3 Å². The summed E-state index contributed by atoms with van der Waals surface area (Å²) >= 11 is 6.64. The average molecular weight is 459 g/mol. The number of ether oxygens (including phenoxy) is 1. The predicted molar refractivity (Wildman–Crippen MR) is 128 cm³/mol.